The predicted octanol–water partition coefficient (Wildman–Crippen LogP) is 2.59. The van der Waals surface area contributed by atoms with Gasteiger partial charge in [-0.2, -0.15) is 5.10 Å². The molecule has 0 bridgehead atoms. The number of aromatic nitrogens is 2. The van der Waals surface area contributed by atoms with Gasteiger partial charge in [0, 0.05) is 30.8 Å². The number of aliphatic hydroxyl groups is 1. The Bertz CT molecular complexity index is 593. The smallest absolute Gasteiger partial charge is 0.0695 e. The summed E-state index contributed by atoms with van der Waals surface area (Å²) in [5, 5.41) is 16.7. The average Bonchev–Trinajstić information content (AvgIpc) is 2.95. The van der Waals surface area contributed by atoms with Crippen molar-refractivity contribution in [1.82, 2.24) is 15.1 Å². The van der Waals surface area contributed by atoms with E-state index in [1.54, 1.807) is 0 Å². The summed E-state index contributed by atoms with van der Waals surface area (Å²) < 4.78 is 0. The summed E-state index contributed by atoms with van der Waals surface area (Å²) in [4.78, 5) is 2.43. The largest absolute Gasteiger partial charge is 0.396 e. The Labute approximate surface area is 125 Å². The first-order valence-corrected chi connectivity index (χ1v) is 7.69. The van der Waals surface area contributed by atoms with Gasteiger partial charge in [0.05, 0.1) is 11.9 Å². The molecule has 21 heavy (non-hydrogen) atoms. The monoisotopic (exact) mass is 285 g/mol. The predicted molar refractivity (Wildman–Crippen MR) is 83.8 cm³/mol. The zero-order valence-electron chi connectivity index (χ0n) is 12.5. The number of rotatable bonds is 4. The van der Waals surface area contributed by atoms with Crippen molar-refractivity contribution in [3.63, 3.8) is 0 Å². The standard InChI is InChI=1S/C17H23N3O/c1-13-4-2-6-15(8-13)17-16(9-18-19-17)11-20-7-3-5-14(10-20)12-21/h2,4,6,8-9,14,21H,3,5,7,10-12H2,1H3,(H,18,19). The lowest BCUT2D eigenvalue weighted by Crippen LogP contribution is -2.36. The third kappa shape index (κ3) is 3.34. The van der Waals surface area contributed by atoms with Gasteiger partial charge < -0.3 is 5.11 Å². The van der Waals surface area contributed by atoms with E-state index in [9.17, 15) is 5.11 Å². The van der Waals surface area contributed by atoms with Gasteiger partial charge in [0.2, 0.25) is 0 Å². The van der Waals surface area contributed by atoms with Crippen molar-refractivity contribution in [2.45, 2.75) is 26.3 Å². The molecule has 0 spiro atoms. The van der Waals surface area contributed by atoms with Gasteiger partial charge in [-0.1, -0.05) is 23.8 Å². The fourth-order valence-electron chi connectivity index (χ4n) is 3.17. The molecule has 112 valence electrons. The van der Waals surface area contributed by atoms with E-state index >= 15 is 0 Å². The van der Waals surface area contributed by atoms with Gasteiger partial charge in [-0.25, -0.2) is 0 Å². The second kappa shape index (κ2) is 6.41. The van der Waals surface area contributed by atoms with Crippen LogP contribution in [-0.2, 0) is 6.54 Å². The third-order valence-corrected chi connectivity index (χ3v) is 4.28. The molecule has 1 aromatic carbocycles. The van der Waals surface area contributed by atoms with E-state index in [4.69, 9.17) is 0 Å². The first kappa shape index (κ1) is 14.3. The molecule has 3 rings (SSSR count). The minimum absolute atomic E-state index is 0.298. The van der Waals surface area contributed by atoms with E-state index in [2.05, 4.69) is 46.3 Å². The molecule has 1 aliphatic heterocycles. The minimum atomic E-state index is 0.298. The summed E-state index contributed by atoms with van der Waals surface area (Å²) in [5.41, 5.74) is 4.80. The zero-order valence-corrected chi connectivity index (χ0v) is 12.5. The van der Waals surface area contributed by atoms with Crippen LogP contribution in [0.5, 0.6) is 0 Å². The van der Waals surface area contributed by atoms with Crippen molar-refractivity contribution in [2.24, 2.45) is 5.92 Å². The average molecular weight is 285 g/mol. The summed E-state index contributed by atoms with van der Waals surface area (Å²) in [6, 6.07) is 8.49. The van der Waals surface area contributed by atoms with Gasteiger partial charge in [0.25, 0.3) is 0 Å². The van der Waals surface area contributed by atoms with E-state index in [0.29, 0.717) is 12.5 Å². The Kier molecular flexibility index (Phi) is 4.36. The topological polar surface area (TPSA) is 52.2 Å². The molecule has 1 unspecified atom stereocenters. The molecular weight excluding hydrogens is 262 g/mol. The van der Waals surface area contributed by atoms with E-state index in [1.165, 1.54) is 23.1 Å². The highest BCUT2D eigenvalue weighted by Crippen LogP contribution is 2.25. The normalized spacial score (nSPS) is 19.8. The molecule has 4 nitrogen and oxygen atoms in total. The second-order valence-corrected chi connectivity index (χ2v) is 6.07. The fraction of sp³-hybridized carbons (Fsp3) is 0.471. The fourth-order valence-corrected chi connectivity index (χ4v) is 3.17. The second-order valence-electron chi connectivity index (χ2n) is 6.07. The molecule has 1 fully saturated rings. The molecule has 0 aliphatic carbocycles. The Balaban J connectivity index is 1.76. The highest BCUT2D eigenvalue weighted by molar-refractivity contribution is 5.63. The number of hydrogen-bond donors (Lipinski definition) is 2. The summed E-state index contributed by atoms with van der Waals surface area (Å²) in [6.45, 7) is 5.39. The quantitative estimate of drug-likeness (QED) is 0.908. The van der Waals surface area contributed by atoms with Crippen LogP contribution in [0.3, 0.4) is 0 Å². The van der Waals surface area contributed by atoms with Crippen LogP contribution in [0.25, 0.3) is 11.3 Å². The first-order valence-electron chi connectivity index (χ1n) is 7.69. The van der Waals surface area contributed by atoms with Crippen molar-refractivity contribution in [3.05, 3.63) is 41.6 Å². The van der Waals surface area contributed by atoms with Gasteiger partial charge in [-0.15, -0.1) is 0 Å². The number of hydrogen-bond acceptors (Lipinski definition) is 3. The highest BCUT2D eigenvalue weighted by Gasteiger charge is 2.20. The molecule has 1 aliphatic rings. The van der Waals surface area contributed by atoms with E-state index in [0.717, 1.165) is 31.7 Å². The maximum Gasteiger partial charge on any atom is 0.0695 e. The third-order valence-electron chi connectivity index (χ3n) is 4.28. The lowest BCUT2D eigenvalue weighted by molar-refractivity contribution is 0.116. The van der Waals surface area contributed by atoms with Crippen LogP contribution in [0.15, 0.2) is 30.5 Å². The molecule has 1 atom stereocenters. The van der Waals surface area contributed by atoms with E-state index < -0.39 is 0 Å². The molecule has 2 aromatic rings. The maximum absolute atomic E-state index is 9.35. The van der Waals surface area contributed by atoms with Crippen molar-refractivity contribution in [1.29, 1.82) is 0 Å². The summed E-state index contributed by atoms with van der Waals surface area (Å²) in [5.74, 6) is 0.424. The molecule has 0 amide bonds. The number of aromatic amines is 1. The van der Waals surface area contributed by atoms with Crippen LogP contribution in [0, 0.1) is 12.8 Å². The molecule has 0 radical (unpaired) electrons. The van der Waals surface area contributed by atoms with E-state index in [-0.39, 0.29) is 0 Å². The number of piperidine rings is 1. The summed E-state index contributed by atoms with van der Waals surface area (Å²) in [7, 11) is 0. The molecular formula is C17H23N3O. The van der Waals surface area contributed by atoms with Crippen molar-refractivity contribution in [2.75, 3.05) is 19.7 Å². The summed E-state index contributed by atoms with van der Waals surface area (Å²) in [6.07, 6.45) is 4.24. The van der Waals surface area contributed by atoms with E-state index in [1.807, 2.05) is 6.20 Å². The van der Waals surface area contributed by atoms with Crippen LogP contribution < -0.4 is 0 Å². The van der Waals surface area contributed by atoms with Crippen LogP contribution in [0.2, 0.25) is 0 Å². The number of nitrogens with zero attached hydrogens (tertiary/aromatic N) is 2. The molecule has 2 heterocycles. The lowest BCUT2D eigenvalue weighted by atomic mass is 9.98. The molecule has 1 saturated heterocycles. The molecule has 0 saturated carbocycles. The summed E-state index contributed by atoms with van der Waals surface area (Å²) >= 11 is 0. The first-order chi connectivity index (χ1) is 10.3. The Morgan fingerprint density at radius 3 is 3.14 bits per heavy atom. The van der Waals surface area contributed by atoms with Crippen molar-refractivity contribution >= 4 is 0 Å². The highest BCUT2D eigenvalue weighted by atomic mass is 16.3. The maximum atomic E-state index is 9.35. The number of nitrogens with one attached hydrogen (secondary N) is 1. The Morgan fingerprint density at radius 2 is 2.33 bits per heavy atom. The number of likely N-dealkylation sites (tertiary alicyclic amines) is 1. The Hall–Kier alpha value is -1.65. The zero-order chi connectivity index (χ0) is 14.7. The minimum Gasteiger partial charge on any atom is -0.396 e. The Morgan fingerprint density at radius 1 is 1.43 bits per heavy atom. The van der Waals surface area contributed by atoms with Crippen LogP contribution in [0.4, 0.5) is 0 Å². The number of aliphatic hydroxyl groups excluding tert-OH is 1. The van der Waals surface area contributed by atoms with Crippen LogP contribution in [0.1, 0.15) is 24.0 Å². The van der Waals surface area contributed by atoms with Crippen LogP contribution in [-0.4, -0.2) is 39.9 Å². The number of aryl methyl sites for hydroxylation is 1. The van der Waals surface area contributed by atoms with Crippen molar-refractivity contribution < 1.29 is 5.11 Å². The number of benzene rings is 1. The SMILES string of the molecule is Cc1cccc(-c2[nH]ncc2CN2CCCC(CO)C2)c1. The van der Waals surface area contributed by atoms with Crippen LogP contribution >= 0.6 is 0 Å². The van der Waals surface area contributed by atoms with Gasteiger partial charge in [0.15, 0.2) is 0 Å². The van der Waals surface area contributed by atoms with Gasteiger partial charge in [-0.05, 0) is 38.3 Å². The van der Waals surface area contributed by atoms with Crippen molar-refractivity contribution in [3.8, 4) is 11.3 Å². The molecule has 4 heteroatoms. The van der Waals surface area contributed by atoms with Gasteiger partial charge in [0.1, 0.15) is 0 Å². The molecule has 1 aromatic heterocycles. The number of H-pyrrole nitrogens is 1. The lowest BCUT2D eigenvalue weighted by Gasteiger charge is -2.31. The van der Waals surface area contributed by atoms with Gasteiger partial charge >= 0.3 is 0 Å². The van der Waals surface area contributed by atoms with Gasteiger partial charge in [-0.3, -0.25) is 10.00 Å². The molecule has 2 N–H and O–H groups in total.